The fourth-order valence-electron chi connectivity index (χ4n) is 4.05. The van der Waals surface area contributed by atoms with E-state index in [9.17, 15) is 14.5 Å². The molecule has 1 aliphatic carbocycles. The van der Waals surface area contributed by atoms with Gasteiger partial charge in [-0.25, -0.2) is 4.39 Å². The van der Waals surface area contributed by atoms with E-state index in [0.29, 0.717) is 18.0 Å². The largest absolute Gasteiger partial charge is 0.494 e. The average molecular weight is 354 g/mol. The van der Waals surface area contributed by atoms with Gasteiger partial charge in [0, 0.05) is 5.92 Å². The smallest absolute Gasteiger partial charge is 0.296 e. The molecule has 134 valence electrons. The van der Waals surface area contributed by atoms with Crippen molar-refractivity contribution in [3.8, 4) is 5.75 Å². The number of nitrogens with zero attached hydrogens (tertiary/aromatic N) is 1. The Morgan fingerprint density at radius 1 is 1.31 bits per heavy atom. The Morgan fingerprint density at radius 2 is 2.08 bits per heavy atom. The van der Waals surface area contributed by atoms with E-state index in [4.69, 9.17) is 4.74 Å². The number of hydrogen-bond acceptors (Lipinski definition) is 4. The van der Waals surface area contributed by atoms with Gasteiger partial charge in [-0.05, 0) is 48.6 Å². The second-order valence-corrected chi connectivity index (χ2v) is 6.62. The second kappa shape index (κ2) is 6.44. The van der Waals surface area contributed by atoms with Crippen LogP contribution in [0.3, 0.4) is 0 Å². The number of nitro groups is 1. The molecule has 3 atom stereocenters. The van der Waals surface area contributed by atoms with Gasteiger partial charge in [-0.3, -0.25) is 10.1 Å². The van der Waals surface area contributed by atoms with Crippen LogP contribution in [0.1, 0.15) is 36.4 Å². The first kappa shape index (κ1) is 16.6. The number of fused-ring (bicyclic) bond motifs is 3. The third-order valence-electron chi connectivity index (χ3n) is 5.16. The minimum atomic E-state index is -0.380. The Labute approximate surface area is 150 Å². The molecule has 0 spiro atoms. The van der Waals surface area contributed by atoms with E-state index in [-0.39, 0.29) is 34.3 Å². The minimum Gasteiger partial charge on any atom is -0.494 e. The van der Waals surface area contributed by atoms with Crippen molar-refractivity contribution in [1.29, 1.82) is 0 Å². The van der Waals surface area contributed by atoms with Crippen molar-refractivity contribution in [3.05, 3.63) is 75.6 Å². The molecule has 26 heavy (non-hydrogen) atoms. The predicted octanol–water partition coefficient (Wildman–Crippen LogP) is 4.96. The second-order valence-electron chi connectivity index (χ2n) is 6.62. The first-order valence-corrected chi connectivity index (χ1v) is 8.72. The predicted molar refractivity (Wildman–Crippen MR) is 97.0 cm³/mol. The van der Waals surface area contributed by atoms with Crippen molar-refractivity contribution in [1.82, 2.24) is 0 Å². The summed E-state index contributed by atoms with van der Waals surface area (Å²) in [5.74, 6) is 0.516. The van der Waals surface area contributed by atoms with Crippen LogP contribution in [0.4, 0.5) is 15.8 Å². The summed E-state index contributed by atoms with van der Waals surface area (Å²) in [6.07, 6.45) is 5.09. The Hall–Kier alpha value is -2.89. The van der Waals surface area contributed by atoms with E-state index in [1.165, 1.54) is 18.2 Å². The van der Waals surface area contributed by atoms with Gasteiger partial charge in [-0.1, -0.05) is 24.3 Å². The van der Waals surface area contributed by atoms with Gasteiger partial charge in [0.05, 0.1) is 23.6 Å². The molecule has 0 radical (unpaired) electrons. The van der Waals surface area contributed by atoms with Crippen molar-refractivity contribution >= 4 is 11.4 Å². The van der Waals surface area contributed by atoms with Crippen LogP contribution in [0, 0.1) is 21.8 Å². The lowest BCUT2D eigenvalue weighted by Crippen LogP contribution is -2.29. The van der Waals surface area contributed by atoms with Crippen molar-refractivity contribution < 1.29 is 14.1 Å². The van der Waals surface area contributed by atoms with Crippen LogP contribution in [0.15, 0.2) is 48.6 Å². The van der Waals surface area contributed by atoms with Crippen molar-refractivity contribution in [2.24, 2.45) is 5.92 Å². The van der Waals surface area contributed by atoms with E-state index in [1.54, 1.807) is 12.1 Å². The molecule has 5 nitrogen and oxygen atoms in total. The highest BCUT2D eigenvalue weighted by atomic mass is 19.1. The highest BCUT2D eigenvalue weighted by Gasteiger charge is 2.41. The molecule has 2 aromatic rings. The summed E-state index contributed by atoms with van der Waals surface area (Å²) in [6.45, 7) is 2.30. The number of benzene rings is 2. The maximum absolute atomic E-state index is 13.3. The molecule has 6 heteroatoms. The van der Waals surface area contributed by atoms with Crippen molar-refractivity contribution in [2.45, 2.75) is 25.3 Å². The molecule has 2 aromatic carbocycles. The lowest BCUT2D eigenvalue weighted by atomic mass is 9.76. The van der Waals surface area contributed by atoms with Gasteiger partial charge in [0.1, 0.15) is 17.3 Å². The van der Waals surface area contributed by atoms with Gasteiger partial charge in [0.2, 0.25) is 0 Å². The van der Waals surface area contributed by atoms with Gasteiger partial charge >= 0.3 is 0 Å². The minimum absolute atomic E-state index is 0.0109. The van der Waals surface area contributed by atoms with Crippen LogP contribution in [0.2, 0.25) is 0 Å². The van der Waals surface area contributed by atoms with E-state index >= 15 is 0 Å². The molecule has 0 amide bonds. The molecule has 0 unspecified atom stereocenters. The van der Waals surface area contributed by atoms with Crippen LogP contribution in [-0.2, 0) is 0 Å². The third-order valence-corrected chi connectivity index (χ3v) is 5.16. The number of allylic oxidation sites excluding steroid dienone is 2. The maximum atomic E-state index is 13.3. The van der Waals surface area contributed by atoms with Gasteiger partial charge in [0.15, 0.2) is 0 Å². The first-order valence-electron chi connectivity index (χ1n) is 8.72. The Kier molecular flexibility index (Phi) is 4.11. The number of nitrogens with one attached hydrogen (secondary N) is 1. The summed E-state index contributed by atoms with van der Waals surface area (Å²) < 4.78 is 18.8. The zero-order valence-electron chi connectivity index (χ0n) is 14.3. The fourth-order valence-corrected chi connectivity index (χ4v) is 4.05. The fraction of sp³-hybridized carbons (Fsp3) is 0.300. The first-order chi connectivity index (χ1) is 12.6. The quantitative estimate of drug-likeness (QED) is 0.479. The van der Waals surface area contributed by atoms with Gasteiger partial charge < -0.3 is 10.1 Å². The summed E-state index contributed by atoms with van der Waals surface area (Å²) in [5.41, 5.74) is 2.36. The Bertz CT molecular complexity index is 879. The maximum Gasteiger partial charge on any atom is 0.296 e. The third kappa shape index (κ3) is 2.71. The van der Waals surface area contributed by atoms with E-state index < -0.39 is 0 Å². The molecule has 0 bridgehead atoms. The molecule has 2 aliphatic rings. The molecule has 1 N–H and O–H groups in total. The zero-order chi connectivity index (χ0) is 18.3. The van der Waals surface area contributed by atoms with Crippen molar-refractivity contribution in [2.75, 3.05) is 11.9 Å². The van der Waals surface area contributed by atoms with Crippen LogP contribution >= 0.6 is 0 Å². The standard InChI is InChI=1S/C20H19FN2O3/c1-2-26-14-10-17-15-4-3-5-16(15)19(12-6-8-13(21)9-7-12)22-20(17)18(11-14)23(24)25/h3-4,6-11,15-16,19,22H,2,5H2,1H3/t15-,16+,19+/m1/s1. The Morgan fingerprint density at radius 3 is 2.77 bits per heavy atom. The molecular formula is C20H19FN2O3. The zero-order valence-corrected chi connectivity index (χ0v) is 14.3. The Balaban J connectivity index is 1.83. The van der Waals surface area contributed by atoms with Gasteiger partial charge in [-0.15, -0.1) is 0 Å². The van der Waals surface area contributed by atoms with E-state index in [0.717, 1.165) is 17.5 Å². The summed E-state index contributed by atoms with van der Waals surface area (Å²) in [5, 5.41) is 15.0. The number of nitro benzene ring substituents is 1. The molecular weight excluding hydrogens is 335 g/mol. The average Bonchev–Trinajstić information content (AvgIpc) is 3.11. The van der Waals surface area contributed by atoms with Crippen LogP contribution in [0.25, 0.3) is 0 Å². The number of rotatable bonds is 4. The lowest BCUT2D eigenvalue weighted by molar-refractivity contribution is -0.384. The van der Waals surface area contributed by atoms with Crippen molar-refractivity contribution in [3.63, 3.8) is 0 Å². The normalized spacial score (nSPS) is 23.1. The van der Waals surface area contributed by atoms with Gasteiger partial charge in [0.25, 0.3) is 5.69 Å². The number of anilines is 1. The number of halogens is 1. The summed E-state index contributed by atoms with van der Waals surface area (Å²) in [7, 11) is 0. The van der Waals surface area contributed by atoms with Crippen LogP contribution in [-0.4, -0.2) is 11.5 Å². The molecule has 0 fully saturated rings. The molecule has 0 aromatic heterocycles. The highest BCUT2D eigenvalue weighted by Crippen LogP contribution is 2.53. The topological polar surface area (TPSA) is 64.4 Å². The van der Waals surface area contributed by atoms with Gasteiger partial charge in [-0.2, -0.15) is 0 Å². The summed E-state index contributed by atoms with van der Waals surface area (Å²) in [6, 6.07) is 9.59. The molecule has 0 saturated heterocycles. The molecule has 1 heterocycles. The van der Waals surface area contributed by atoms with E-state index in [1.807, 2.05) is 13.0 Å². The van der Waals surface area contributed by atoms with Crippen LogP contribution in [0.5, 0.6) is 5.75 Å². The highest BCUT2D eigenvalue weighted by molar-refractivity contribution is 5.73. The number of ether oxygens (including phenoxy) is 1. The van der Waals surface area contributed by atoms with Crippen LogP contribution < -0.4 is 10.1 Å². The SMILES string of the molecule is CCOc1cc2c(c([N+](=O)[O-])c1)N[C@@H](c1ccc(F)cc1)[C@H]1CC=C[C@@H]21. The molecule has 4 rings (SSSR count). The summed E-state index contributed by atoms with van der Waals surface area (Å²) in [4.78, 5) is 11.3. The number of hydrogen-bond donors (Lipinski definition) is 1. The molecule has 0 saturated carbocycles. The lowest BCUT2D eigenvalue weighted by Gasteiger charge is -2.37. The summed E-state index contributed by atoms with van der Waals surface area (Å²) >= 11 is 0. The molecule has 1 aliphatic heterocycles. The van der Waals surface area contributed by atoms with E-state index in [2.05, 4.69) is 17.5 Å². The monoisotopic (exact) mass is 354 g/mol.